The Bertz CT molecular complexity index is 142. The standard InChI is InChI=1S/C6H10N2O/c1-2-6(9)8-4-3-7-5-8/h5H,2-4H2,1H3. The van der Waals surface area contributed by atoms with E-state index in [0.717, 1.165) is 13.1 Å². The van der Waals surface area contributed by atoms with Crippen molar-refractivity contribution in [1.82, 2.24) is 4.90 Å². The first-order valence-corrected chi connectivity index (χ1v) is 3.14. The van der Waals surface area contributed by atoms with Crippen molar-refractivity contribution in [2.75, 3.05) is 13.1 Å². The first kappa shape index (κ1) is 6.26. The van der Waals surface area contributed by atoms with E-state index >= 15 is 0 Å². The van der Waals surface area contributed by atoms with E-state index in [4.69, 9.17) is 0 Å². The fraction of sp³-hybridized carbons (Fsp3) is 0.667. The van der Waals surface area contributed by atoms with E-state index in [2.05, 4.69) is 4.99 Å². The second-order valence-electron chi connectivity index (χ2n) is 1.96. The van der Waals surface area contributed by atoms with Crippen molar-refractivity contribution in [1.29, 1.82) is 0 Å². The first-order valence-electron chi connectivity index (χ1n) is 3.14. The van der Waals surface area contributed by atoms with Gasteiger partial charge in [-0.1, -0.05) is 6.92 Å². The third-order valence-electron chi connectivity index (χ3n) is 1.31. The lowest BCUT2D eigenvalue weighted by atomic mass is 10.4. The number of rotatable bonds is 1. The molecule has 0 saturated heterocycles. The average molecular weight is 126 g/mol. The Labute approximate surface area is 54.4 Å². The summed E-state index contributed by atoms with van der Waals surface area (Å²) in [4.78, 5) is 16.4. The summed E-state index contributed by atoms with van der Waals surface area (Å²) in [7, 11) is 0. The predicted octanol–water partition coefficient (Wildman–Crippen LogP) is 0.267. The lowest BCUT2D eigenvalue weighted by molar-refractivity contribution is -0.126. The summed E-state index contributed by atoms with van der Waals surface area (Å²) < 4.78 is 0. The number of aliphatic imine (C=N–C) groups is 1. The zero-order valence-corrected chi connectivity index (χ0v) is 5.50. The number of hydrogen-bond acceptors (Lipinski definition) is 2. The molecule has 3 nitrogen and oxygen atoms in total. The van der Waals surface area contributed by atoms with Crippen LogP contribution in [0, 0.1) is 0 Å². The maximum absolute atomic E-state index is 10.8. The van der Waals surface area contributed by atoms with Crippen molar-refractivity contribution < 1.29 is 4.79 Å². The molecule has 0 N–H and O–H groups in total. The van der Waals surface area contributed by atoms with Crippen molar-refractivity contribution in [2.45, 2.75) is 13.3 Å². The average Bonchev–Trinajstić information content (AvgIpc) is 2.37. The minimum absolute atomic E-state index is 0.163. The molecule has 1 rings (SSSR count). The zero-order chi connectivity index (χ0) is 6.69. The maximum atomic E-state index is 10.8. The van der Waals surface area contributed by atoms with Crippen LogP contribution in [0.25, 0.3) is 0 Å². The Kier molecular flexibility index (Phi) is 1.82. The van der Waals surface area contributed by atoms with Crippen LogP contribution in [0.1, 0.15) is 13.3 Å². The van der Waals surface area contributed by atoms with Crippen molar-refractivity contribution in [3.8, 4) is 0 Å². The number of hydrogen-bond donors (Lipinski definition) is 0. The second-order valence-corrected chi connectivity index (χ2v) is 1.96. The molecule has 0 aromatic carbocycles. The highest BCUT2D eigenvalue weighted by atomic mass is 16.2. The van der Waals surface area contributed by atoms with Gasteiger partial charge in [0, 0.05) is 13.0 Å². The maximum Gasteiger partial charge on any atom is 0.227 e. The van der Waals surface area contributed by atoms with Gasteiger partial charge in [-0.15, -0.1) is 0 Å². The van der Waals surface area contributed by atoms with Crippen LogP contribution < -0.4 is 0 Å². The third-order valence-corrected chi connectivity index (χ3v) is 1.31. The van der Waals surface area contributed by atoms with Crippen LogP contribution in [0.3, 0.4) is 0 Å². The largest absolute Gasteiger partial charge is 0.301 e. The van der Waals surface area contributed by atoms with Crippen LogP contribution in [-0.2, 0) is 4.79 Å². The highest BCUT2D eigenvalue weighted by molar-refractivity contribution is 5.88. The molecule has 0 aliphatic carbocycles. The summed E-state index contributed by atoms with van der Waals surface area (Å²) in [6.45, 7) is 3.40. The van der Waals surface area contributed by atoms with Gasteiger partial charge >= 0.3 is 0 Å². The van der Waals surface area contributed by atoms with E-state index in [0.29, 0.717) is 6.42 Å². The SMILES string of the molecule is CCC(=O)N1C=NCC1. The van der Waals surface area contributed by atoms with Crippen LogP contribution >= 0.6 is 0 Å². The molecule has 9 heavy (non-hydrogen) atoms. The predicted molar refractivity (Wildman–Crippen MR) is 35.4 cm³/mol. The smallest absolute Gasteiger partial charge is 0.227 e. The van der Waals surface area contributed by atoms with Crippen molar-refractivity contribution in [3.63, 3.8) is 0 Å². The van der Waals surface area contributed by atoms with E-state index in [-0.39, 0.29) is 5.91 Å². The van der Waals surface area contributed by atoms with Crippen molar-refractivity contribution >= 4 is 12.2 Å². The molecule has 0 aromatic rings. The molecule has 1 aliphatic rings. The Balaban J connectivity index is 2.43. The summed E-state index contributed by atoms with van der Waals surface area (Å²) >= 11 is 0. The van der Waals surface area contributed by atoms with E-state index in [9.17, 15) is 4.79 Å². The fourth-order valence-corrected chi connectivity index (χ4v) is 0.772. The Morgan fingerprint density at radius 1 is 1.89 bits per heavy atom. The van der Waals surface area contributed by atoms with Gasteiger partial charge in [0.15, 0.2) is 0 Å². The van der Waals surface area contributed by atoms with Crippen LogP contribution in [0.5, 0.6) is 0 Å². The number of amides is 1. The Morgan fingerprint density at radius 2 is 2.67 bits per heavy atom. The summed E-state index contributed by atoms with van der Waals surface area (Å²) in [5.41, 5.74) is 0. The lowest BCUT2D eigenvalue weighted by Gasteiger charge is -2.08. The summed E-state index contributed by atoms with van der Waals surface area (Å²) in [5, 5.41) is 0. The molecule has 0 spiro atoms. The van der Waals surface area contributed by atoms with Crippen molar-refractivity contribution in [2.24, 2.45) is 4.99 Å². The fourth-order valence-electron chi connectivity index (χ4n) is 0.772. The third kappa shape index (κ3) is 1.28. The second kappa shape index (κ2) is 2.62. The molecule has 0 unspecified atom stereocenters. The monoisotopic (exact) mass is 126 g/mol. The summed E-state index contributed by atoms with van der Waals surface area (Å²) in [6.07, 6.45) is 2.19. The molecule has 0 aromatic heterocycles. The van der Waals surface area contributed by atoms with Crippen LogP contribution in [0.15, 0.2) is 4.99 Å². The number of carbonyl (C=O) groups excluding carboxylic acids is 1. The van der Waals surface area contributed by atoms with E-state index in [1.54, 1.807) is 11.2 Å². The molecular weight excluding hydrogens is 116 g/mol. The molecule has 1 heterocycles. The molecule has 0 bridgehead atoms. The van der Waals surface area contributed by atoms with Crippen molar-refractivity contribution in [3.05, 3.63) is 0 Å². The van der Waals surface area contributed by atoms with Gasteiger partial charge in [-0.2, -0.15) is 0 Å². The van der Waals surface area contributed by atoms with Crippen LogP contribution in [0.2, 0.25) is 0 Å². The van der Waals surface area contributed by atoms with Crippen LogP contribution in [0.4, 0.5) is 0 Å². The van der Waals surface area contributed by atoms with Gasteiger partial charge in [-0.3, -0.25) is 9.79 Å². The van der Waals surface area contributed by atoms with Gasteiger partial charge < -0.3 is 4.90 Å². The van der Waals surface area contributed by atoms with Gasteiger partial charge in [-0.25, -0.2) is 0 Å². The van der Waals surface area contributed by atoms with Crippen LogP contribution in [-0.4, -0.2) is 30.2 Å². The molecule has 0 atom stereocenters. The minimum atomic E-state index is 0.163. The highest BCUT2D eigenvalue weighted by Crippen LogP contribution is 1.95. The number of nitrogens with zero attached hydrogens (tertiary/aromatic N) is 2. The molecule has 0 saturated carbocycles. The molecule has 1 aliphatic heterocycles. The van der Waals surface area contributed by atoms with Gasteiger partial charge in [0.1, 0.15) is 0 Å². The minimum Gasteiger partial charge on any atom is -0.301 e. The normalized spacial score (nSPS) is 16.8. The summed E-state index contributed by atoms with van der Waals surface area (Å²) in [5.74, 6) is 0.163. The molecule has 50 valence electrons. The molecule has 1 amide bonds. The van der Waals surface area contributed by atoms with Gasteiger partial charge in [-0.05, 0) is 0 Å². The molecule has 3 heteroatoms. The van der Waals surface area contributed by atoms with Gasteiger partial charge in [0.2, 0.25) is 5.91 Å². The molecular formula is C6H10N2O. The van der Waals surface area contributed by atoms with E-state index in [1.165, 1.54) is 0 Å². The molecule has 0 radical (unpaired) electrons. The molecule has 0 fully saturated rings. The summed E-state index contributed by atoms with van der Waals surface area (Å²) in [6, 6.07) is 0. The lowest BCUT2D eigenvalue weighted by Crippen LogP contribution is -2.26. The topological polar surface area (TPSA) is 32.7 Å². The van der Waals surface area contributed by atoms with Gasteiger partial charge in [0.25, 0.3) is 0 Å². The van der Waals surface area contributed by atoms with E-state index < -0.39 is 0 Å². The Morgan fingerprint density at radius 3 is 3.11 bits per heavy atom. The quantitative estimate of drug-likeness (QED) is 0.496. The highest BCUT2D eigenvalue weighted by Gasteiger charge is 2.10. The van der Waals surface area contributed by atoms with E-state index in [1.807, 2.05) is 6.92 Å². The Hall–Kier alpha value is -0.860. The number of carbonyl (C=O) groups is 1. The first-order chi connectivity index (χ1) is 4.34. The van der Waals surface area contributed by atoms with Gasteiger partial charge in [0.05, 0.1) is 12.9 Å². The zero-order valence-electron chi connectivity index (χ0n) is 5.50.